The summed E-state index contributed by atoms with van der Waals surface area (Å²) in [6.07, 6.45) is 2.83. The SMILES string of the molecule is Cc1ccccc1C(=O)N(C)Cc1ccc(CCCCO)cc1. The maximum Gasteiger partial charge on any atom is 0.254 e. The molecule has 23 heavy (non-hydrogen) atoms. The maximum atomic E-state index is 12.5. The van der Waals surface area contributed by atoms with Gasteiger partial charge in [0.05, 0.1) is 0 Å². The van der Waals surface area contributed by atoms with Crippen LogP contribution in [-0.2, 0) is 13.0 Å². The van der Waals surface area contributed by atoms with E-state index in [-0.39, 0.29) is 12.5 Å². The molecule has 0 aliphatic carbocycles. The van der Waals surface area contributed by atoms with Crippen molar-refractivity contribution in [3.05, 3.63) is 70.8 Å². The van der Waals surface area contributed by atoms with E-state index in [4.69, 9.17) is 5.11 Å². The van der Waals surface area contributed by atoms with Crippen LogP contribution >= 0.6 is 0 Å². The fraction of sp³-hybridized carbons (Fsp3) is 0.350. The summed E-state index contributed by atoms with van der Waals surface area (Å²) in [5.41, 5.74) is 4.16. The van der Waals surface area contributed by atoms with Crippen LogP contribution in [-0.4, -0.2) is 29.6 Å². The van der Waals surface area contributed by atoms with Gasteiger partial charge in [-0.25, -0.2) is 0 Å². The van der Waals surface area contributed by atoms with E-state index in [1.165, 1.54) is 5.56 Å². The van der Waals surface area contributed by atoms with E-state index in [0.29, 0.717) is 6.54 Å². The fourth-order valence-corrected chi connectivity index (χ4v) is 2.62. The number of nitrogens with zero attached hydrogens (tertiary/aromatic N) is 1. The van der Waals surface area contributed by atoms with Gasteiger partial charge in [0.25, 0.3) is 5.91 Å². The third-order valence-electron chi connectivity index (χ3n) is 4.04. The summed E-state index contributed by atoms with van der Waals surface area (Å²) >= 11 is 0. The number of rotatable bonds is 7. The van der Waals surface area contributed by atoms with Gasteiger partial charge in [-0.15, -0.1) is 0 Å². The van der Waals surface area contributed by atoms with E-state index in [9.17, 15) is 4.79 Å². The molecule has 0 atom stereocenters. The van der Waals surface area contributed by atoms with Gasteiger partial charge in [-0.3, -0.25) is 4.79 Å². The lowest BCUT2D eigenvalue weighted by molar-refractivity contribution is 0.0784. The van der Waals surface area contributed by atoms with Crippen molar-refractivity contribution in [1.82, 2.24) is 4.90 Å². The number of carbonyl (C=O) groups excluding carboxylic acids is 1. The Morgan fingerprint density at radius 2 is 1.65 bits per heavy atom. The molecular weight excluding hydrogens is 286 g/mol. The van der Waals surface area contributed by atoms with Gasteiger partial charge in [-0.1, -0.05) is 42.5 Å². The van der Waals surface area contributed by atoms with Crippen LogP contribution in [0.25, 0.3) is 0 Å². The summed E-state index contributed by atoms with van der Waals surface area (Å²) < 4.78 is 0. The molecule has 0 radical (unpaired) electrons. The second-order valence-electron chi connectivity index (χ2n) is 5.97. The zero-order chi connectivity index (χ0) is 16.7. The van der Waals surface area contributed by atoms with Gasteiger partial charge >= 0.3 is 0 Å². The van der Waals surface area contributed by atoms with Crippen LogP contribution in [0.1, 0.15) is 39.9 Å². The molecule has 3 heteroatoms. The van der Waals surface area contributed by atoms with Crippen molar-refractivity contribution in [2.24, 2.45) is 0 Å². The van der Waals surface area contributed by atoms with Crippen LogP contribution < -0.4 is 0 Å². The van der Waals surface area contributed by atoms with Crippen LogP contribution in [0.5, 0.6) is 0 Å². The zero-order valence-corrected chi connectivity index (χ0v) is 14.0. The highest BCUT2D eigenvalue weighted by Crippen LogP contribution is 2.13. The molecule has 0 unspecified atom stereocenters. The summed E-state index contributed by atoms with van der Waals surface area (Å²) in [6, 6.07) is 16.1. The normalized spacial score (nSPS) is 10.6. The molecule has 0 heterocycles. The van der Waals surface area contributed by atoms with Crippen LogP contribution in [0.2, 0.25) is 0 Å². The van der Waals surface area contributed by atoms with E-state index in [2.05, 4.69) is 24.3 Å². The molecule has 3 nitrogen and oxygen atoms in total. The van der Waals surface area contributed by atoms with Crippen molar-refractivity contribution >= 4 is 5.91 Å². The van der Waals surface area contributed by atoms with Crippen LogP contribution in [0, 0.1) is 6.92 Å². The highest BCUT2D eigenvalue weighted by molar-refractivity contribution is 5.95. The van der Waals surface area contributed by atoms with E-state index < -0.39 is 0 Å². The third-order valence-corrected chi connectivity index (χ3v) is 4.04. The quantitative estimate of drug-likeness (QED) is 0.794. The lowest BCUT2D eigenvalue weighted by Gasteiger charge is -2.18. The fourth-order valence-electron chi connectivity index (χ4n) is 2.62. The van der Waals surface area contributed by atoms with Crippen LogP contribution in [0.15, 0.2) is 48.5 Å². The van der Waals surface area contributed by atoms with Crippen molar-refractivity contribution in [3.8, 4) is 0 Å². The topological polar surface area (TPSA) is 40.5 Å². The Morgan fingerprint density at radius 3 is 2.30 bits per heavy atom. The molecule has 0 spiro atoms. The summed E-state index contributed by atoms with van der Waals surface area (Å²) in [4.78, 5) is 14.3. The number of unbranched alkanes of at least 4 members (excludes halogenated alkanes) is 1. The molecular formula is C20H25NO2. The molecule has 2 rings (SSSR count). The van der Waals surface area contributed by atoms with Gasteiger partial charge in [0.2, 0.25) is 0 Å². The first kappa shape index (κ1) is 17.2. The molecule has 1 amide bonds. The predicted octanol–water partition coefficient (Wildman–Crippen LogP) is 3.58. The van der Waals surface area contributed by atoms with Crippen molar-refractivity contribution in [2.45, 2.75) is 32.7 Å². The zero-order valence-electron chi connectivity index (χ0n) is 14.0. The Morgan fingerprint density at radius 1 is 1.00 bits per heavy atom. The average Bonchev–Trinajstić information content (AvgIpc) is 2.56. The Bertz CT molecular complexity index is 634. The Kier molecular flexibility index (Phi) is 6.36. The molecule has 0 aromatic heterocycles. The lowest BCUT2D eigenvalue weighted by atomic mass is 10.1. The number of aryl methyl sites for hydroxylation is 2. The highest BCUT2D eigenvalue weighted by atomic mass is 16.2. The number of hydrogen-bond acceptors (Lipinski definition) is 2. The van der Waals surface area contributed by atoms with Gasteiger partial charge in [0.1, 0.15) is 0 Å². The van der Waals surface area contributed by atoms with Crippen LogP contribution in [0.3, 0.4) is 0 Å². The predicted molar refractivity (Wildman–Crippen MR) is 93.4 cm³/mol. The molecule has 0 fully saturated rings. The van der Waals surface area contributed by atoms with Crippen molar-refractivity contribution in [3.63, 3.8) is 0 Å². The van der Waals surface area contributed by atoms with Gasteiger partial charge in [0.15, 0.2) is 0 Å². The molecule has 0 aliphatic rings. The molecule has 0 saturated heterocycles. The minimum Gasteiger partial charge on any atom is -0.396 e. The monoisotopic (exact) mass is 311 g/mol. The third kappa shape index (κ3) is 4.93. The number of aliphatic hydroxyl groups is 1. The number of hydrogen-bond donors (Lipinski definition) is 1. The molecule has 0 saturated carbocycles. The summed E-state index contributed by atoms with van der Waals surface area (Å²) in [5, 5.41) is 8.82. The first-order chi connectivity index (χ1) is 11.1. The van der Waals surface area contributed by atoms with E-state index in [0.717, 1.165) is 36.0 Å². The van der Waals surface area contributed by atoms with Gasteiger partial charge in [-0.2, -0.15) is 0 Å². The molecule has 1 N–H and O–H groups in total. The van der Waals surface area contributed by atoms with E-state index >= 15 is 0 Å². The molecule has 0 aliphatic heterocycles. The average molecular weight is 311 g/mol. The van der Waals surface area contributed by atoms with Crippen molar-refractivity contribution < 1.29 is 9.90 Å². The Balaban J connectivity index is 1.96. The first-order valence-corrected chi connectivity index (χ1v) is 8.11. The molecule has 0 bridgehead atoms. The highest BCUT2D eigenvalue weighted by Gasteiger charge is 2.13. The number of aliphatic hydroxyl groups excluding tert-OH is 1. The lowest BCUT2D eigenvalue weighted by Crippen LogP contribution is -2.26. The number of carbonyl (C=O) groups is 1. The second-order valence-corrected chi connectivity index (χ2v) is 5.97. The minimum absolute atomic E-state index is 0.0510. The number of amides is 1. The van der Waals surface area contributed by atoms with Gasteiger partial charge in [-0.05, 0) is 48.9 Å². The molecule has 2 aromatic rings. The first-order valence-electron chi connectivity index (χ1n) is 8.11. The van der Waals surface area contributed by atoms with E-state index in [1.54, 1.807) is 4.90 Å². The number of benzene rings is 2. The smallest absolute Gasteiger partial charge is 0.254 e. The van der Waals surface area contributed by atoms with Gasteiger partial charge < -0.3 is 10.0 Å². The van der Waals surface area contributed by atoms with Crippen molar-refractivity contribution in [1.29, 1.82) is 0 Å². The van der Waals surface area contributed by atoms with Crippen LogP contribution in [0.4, 0.5) is 0 Å². The molecule has 2 aromatic carbocycles. The summed E-state index contributed by atoms with van der Waals surface area (Å²) in [5.74, 6) is 0.0510. The van der Waals surface area contributed by atoms with Crippen molar-refractivity contribution in [2.75, 3.05) is 13.7 Å². The second kappa shape index (κ2) is 8.49. The Hall–Kier alpha value is -2.13. The molecule has 122 valence electrons. The minimum atomic E-state index is 0.0510. The van der Waals surface area contributed by atoms with E-state index in [1.807, 2.05) is 38.2 Å². The standard InChI is InChI=1S/C20H25NO2/c1-16-7-3-4-9-19(16)20(23)21(2)15-18-12-10-17(11-13-18)8-5-6-14-22/h3-4,7,9-13,22H,5-6,8,14-15H2,1-2H3. The largest absolute Gasteiger partial charge is 0.396 e. The Labute approximate surface area is 138 Å². The van der Waals surface area contributed by atoms with Gasteiger partial charge in [0, 0.05) is 25.8 Å². The maximum absolute atomic E-state index is 12.5. The summed E-state index contributed by atoms with van der Waals surface area (Å²) in [7, 11) is 1.84. The summed E-state index contributed by atoms with van der Waals surface area (Å²) in [6.45, 7) is 2.82.